The van der Waals surface area contributed by atoms with Crippen molar-refractivity contribution in [2.45, 2.75) is 51.1 Å². The minimum atomic E-state index is -1.74. The van der Waals surface area contributed by atoms with Gasteiger partial charge in [0.2, 0.25) is 0 Å². The molecule has 0 spiro atoms. The Balaban J connectivity index is 1.32. The van der Waals surface area contributed by atoms with Crippen LogP contribution in [0.25, 0.3) is 11.1 Å². The molecule has 5 rings (SSSR count). The molecule has 0 radical (unpaired) electrons. The lowest BCUT2D eigenvalue weighted by Crippen LogP contribution is -2.48. The molecule has 4 atom stereocenters. The van der Waals surface area contributed by atoms with Crippen molar-refractivity contribution in [3.05, 3.63) is 106 Å². The summed E-state index contributed by atoms with van der Waals surface area (Å²) in [6.07, 6.45) is -6.52. The Morgan fingerprint density at radius 3 is 2.31 bits per heavy atom. The highest BCUT2D eigenvalue weighted by Gasteiger charge is 2.29. The summed E-state index contributed by atoms with van der Waals surface area (Å²) in [6.45, 7) is 2.47. The van der Waals surface area contributed by atoms with Gasteiger partial charge in [0.25, 0.3) is 0 Å². The van der Waals surface area contributed by atoms with Crippen LogP contribution in [0, 0.1) is 12.7 Å². The average molecular weight is 684 g/mol. The van der Waals surface area contributed by atoms with Gasteiger partial charge in [0, 0.05) is 24.7 Å². The summed E-state index contributed by atoms with van der Waals surface area (Å²) in [6, 6.07) is 21.1. The Hall–Kier alpha value is -3.94. The first kappa shape index (κ1) is 35.4. The number of benzene rings is 4. The van der Waals surface area contributed by atoms with Gasteiger partial charge in [-0.2, -0.15) is 0 Å². The van der Waals surface area contributed by atoms with E-state index in [1.807, 2.05) is 43.3 Å². The third kappa shape index (κ3) is 8.74. The van der Waals surface area contributed by atoms with Crippen molar-refractivity contribution >= 4 is 11.6 Å². The summed E-state index contributed by atoms with van der Waals surface area (Å²) >= 11 is 6.67. The molecule has 0 aromatic heterocycles. The van der Waals surface area contributed by atoms with Gasteiger partial charge in [-0.1, -0.05) is 48.0 Å². The van der Waals surface area contributed by atoms with Crippen molar-refractivity contribution < 1.29 is 48.9 Å². The Labute approximate surface area is 282 Å². The van der Waals surface area contributed by atoms with Gasteiger partial charge in [0.05, 0.1) is 17.7 Å². The van der Waals surface area contributed by atoms with Crippen molar-refractivity contribution in [1.29, 1.82) is 0 Å². The second-order valence-corrected chi connectivity index (χ2v) is 11.9. The predicted octanol–water partition coefficient (Wildman–Crippen LogP) is 3.91. The molecule has 0 aliphatic carbocycles. The average Bonchev–Trinajstić information content (AvgIpc) is 3.10. The summed E-state index contributed by atoms with van der Waals surface area (Å²) in [5, 5.41) is 52.2. The Morgan fingerprint density at radius 2 is 1.54 bits per heavy atom. The van der Waals surface area contributed by atoms with Gasteiger partial charge in [-0.15, -0.1) is 0 Å². The van der Waals surface area contributed by atoms with Crippen molar-refractivity contribution in [1.82, 2.24) is 5.32 Å². The van der Waals surface area contributed by atoms with E-state index in [4.69, 9.17) is 35.7 Å². The Morgan fingerprint density at radius 1 is 0.812 bits per heavy atom. The fourth-order valence-corrected chi connectivity index (χ4v) is 5.55. The summed E-state index contributed by atoms with van der Waals surface area (Å²) in [5.41, 5.74) is 5.15. The lowest BCUT2D eigenvalue weighted by atomic mass is 9.96. The molecule has 256 valence electrons. The number of hydrogen-bond donors (Lipinski definition) is 6. The first-order valence-electron chi connectivity index (χ1n) is 15.5. The number of rotatable bonds is 15. The highest BCUT2D eigenvalue weighted by atomic mass is 35.5. The molecule has 1 aliphatic heterocycles. The van der Waals surface area contributed by atoms with E-state index in [1.165, 1.54) is 12.1 Å². The zero-order chi connectivity index (χ0) is 34.2. The smallest absolute Gasteiger partial charge is 0.161 e. The third-order valence-corrected chi connectivity index (χ3v) is 8.37. The summed E-state index contributed by atoms with van der Waals surface area (Å²) in [7, 11) is 0. The number of fused-ring (bicyclic) bond motifs is 1. The van der Waals surface area contributed by atoms with Crippen LogP contribution in [0.3, 0.4) is 0 Å². The quantitative estimate of drug-likeness (QED) is 0.109. The molecule has 4 aromatic carbocycles. The standard InChI is InChI=1S/C36H39ClFNO9/c1-21-24(5-3-7-27(21)23-8-9-31-34(14-23)46-11-10-45-31)20-48-33-15-32(47-19-22-4-2-6-26(38)12-22)25(13-28(33)37)16-39-17-29(41)35(43)36(44)30(42)18-40/h2-9,12-15,29-30,35-36,39-44H,10-11,16-20H2,1H3. The molecule has 0 bridgehead atoms. The van der Waals surface area contributed by atoms with E-state index in [0.717, 1.165) is 28.0 Å². The van der Waals surface area contributed by atoms with Crippen LogP contribution in [0.4, 0.5) is 4.39 Å². The molecule has 4 unspecified atom stereocenters. The molecular formula is C36H39ClFNO9. The molecule has 4 aromatic rings. The Bertz CT molecular complexity index is 1690. The molecule has 6 N–H and O–H groups in total. The predicted molar refractivity (Wildman–Crippen MR) is 177 cm³/mol. The Kier molecular flexibility index (Phi) is 12.1. The van der Waals surface area contributed by atoms with Crippen LogP contribution >= 0.6 is 11.6 Å². The molecule has 0 saturated carbocycles. The SMILES string of the molecule is Cc1c(COc2cc(OCc3cccc(F)c3)c(CNCC(O)C(O)C(O)C(O)CO)cc2Cl)cccc1-c1ccc2c(c1)OCCO2. The highest BCUT2D eigenvalue weighted by molar-refractivity contribution is 6.32. The number of aliphatic hydroxyl groups excluding tert-OH is 5. The van der Waals surface area contributed by atoms with Crippen molar-refractivity contribution in [2.24, 2.45) is 0 Å². The van der Waals surface area contributed by atoms with Crippen LogP contribution in [-0.4, -0.2) is 76.3 Å². The summed E-state index contributed by atoms with van der Waals surface area (Å²) in [4.78, 5) is 0. The molecule has 0 saturated heterocycles. The molecule has 1 aliphatic rings. The fourth-order valence-electron chi connectivity index (χ4n) is 5.30. The lowest BCUT2D eigenvalue weighted by molar-refractivity contribution is -0.114. The number of nitrogens with one attached hydrogen (secondary N) is 1. The zero-order valence-electron chi connectivity index (χ0n) is 26.3. The van der Waals surface area contributed by atoms with Crippen LogP contribution in [0.15, 0.2) is 72.8 Å². The molecule has 1 heterocycles. The van der Waals surface area contributed by atoms with E-state index in [0.29, 0.717) is 46.6 Å². The molecule has 10 nitrogen and oxygen atoms in total. The van der Waals surface area contributed by atoms with Gasteiger partial charge in [-0.25, -0.2) is 4.39 Å². The van der Waals surface area contributed by atoms with E-state index in [2.05, 4.69) is 5.32 Å². The van der Waals surface area contributed by atoms with Gasteiger partial charge in [0.15, 0.2) is 11.5 Å². The third-order valence-electron chi connectivity index (χ3n) is 8.08. The summed E-state index contributed by atoms with van der Waals surface area (Å²) in [5.74, 6) is 1.77. The van der Waals surface area contributed by atoms with E-state index in [-0.39, 0.29) is 26.3 Å². The van der Waals surface area contributed by atoms with Gasteiger partial charge in [-0.3, -0.25) is 0 Å². The van der Waals surface area contributed by atoms with Crippen LogP contribution in [0.2, 0.25) is 5.02 Å². The maximum Gasteiger partial charge on any atom is 0.161 e. The van der Waals surface area contributed by atoms with E-state index >= 15 is 0 Å². The second-order valence-electron chi connectivity index (χ2n) is 11.5. The normalized spacial score (nSPS) is 15.0. The monoisotopic (exact) mass is 683 g/mol. The zero-order valence-corrected chi connectivity index (χ0v) is 27.1. The molecular weight excluding hydrogens is 645 g/mol. The number of halogens is 2. The maximum absolute atomic E-state index is 13.8. The molecule has 0 fully saturated rings. The van der Waals surface area contributed by atoms with Crippen LogP contribution in [-0.2, 0) is 19.8 Å². The van der Waals surface area contributed by atoms with Crippen LogP contribution < -0.4 is 24.3 Å². The van der Waals surface area contributed by atoms with Crippen molar-refractivity contribution in [3.8, 4) is 34.1 Å². The lowest BCUT2D eigenvalue weighted by Gasteiger charge is -2.26. The van der Waals surface area contributed by atoms with E-state index in [1.54, 1.807) is 24.3 Å². The summed E-state index contributed by atoms with van der Waals surface area (Å²) < 4.78 is 37.5. The van der Waals surface area contributed by atoms with Crippen LogP contribution in [0.1, 0.15) is 22.3 Å². The van der Waals surface area contributed by atoms with Crippen LogP contribution in [0.5, 0.6) is 23.0 Å². The number of ether oxygens (including phenoxy) is 4. The largest absolute Gasteiger partial charge is 0.488 e. The van der Waals surface area contributed by atoms with Gasteiger partial charge in [0.1, 0.15) is 62.1 Å². The van der Waals surface area contributed by atoms with Crippen molar-refractivity contribution in [2.75, 3.05) is 26.4 Å². The first-order chi connectivity index (χ1) is 23.1. The van der Waals surface area contributed by atoms with E-state index < -0.39 is 36.8 Å². The van der Waals surface area contributed by atoms with Gasteiger partial charge >= 0.3 is 0 Å². The topological polar surface area (TPSA) is 150 Å². The minimum Gasteiger partial charge on any atom is -0.488 e. The molecule has 48 heavy (non-hydrogen) atoms. The molecule has 12 heteroatoms. The number of hydrogen-bond acceptors (Lipinski definition) is 10. The number of aliphatic hydroxyl groups is 5. The van der Waals surface area contributed by atoms with Gasteiger partial charge in [-0.05, 0) is 65.1 Å². The highest BCUT2D eigenvalue weighted by Crippen LogP contribution is 2.37. The first-order valence-corrected chi connectivity index (χ1v) is 15.9. The van der Waals surface area contributed by atoms with Gasteiger partial charge < -0.3 is 49.8 Å². The van der Waals surface area contributed by atoms with E-state index in [9.17, 15) is 24.8 Å². The second kappa shape index (κ2) is 16.4. The van der Waals surface area contributed by atoms with Crippen molar-refractivity contribution in [3.63, 3.8) is 0 Å². The maximum atomic E-state index is 13.8. The fraction of sp³-hybridized carbons (Fsp3) is 0.333. The molecule has 0 amide bonds. The minimum absolute atomic E-state index is 0.0507.